The highest BCUT2D eigenvalue weighted by Gasteiger charge is 2.28. The van der Waals surface area contributed by atoms with Crippen molar-refractivity contribution in [3.05, 3.63) is 84.2 Å². The minimum atomic E-state index is -3.89. The molecule has 34 heavy (non-hydrogen) atoms. The number of ether oxygens (including phenoxy) is 2. The molecular formula is C25H29N3O5S. The van der Waals surface area contributed by atoms with Gasteiger partial charge in [0, 0.05) is 12.7 Å². The molecule has 0 unspecified atom stereocenters. The van der Waals surface area contributed by atoms with Gasteiger partial charge in [0.1, 0.15) is 24.1 Å². The number of nitrogens with zero attached hydrogens (tertiary/aromatic N) is 1. The first-order valence-corrected chi connectivity index (χ1v) is 12.3. The quantitative estimate of drug-likeness (QED) is 0.434. The van der Waals surface area contributed by atoms with Gasteiger partial charge in [-0.3, -0.25) is 9.78 Å². The lowest BCUT2D eigenvalue weighted by molar-refractivity contribution is -0.123. The summed E-state index contributed by atoms with van der Waals surface area (Å²) in [4.78, 5) is 17.2. The van der Waals surface area contributed by atoms with Crippen molar-refractivity contribution in [2.24, 2.45) is 5.92 Å². The van der Waals surface area contributed by atoms with Crippen molar-refractivity contribution in [1.82, 2.24) is 15.0 Å². The van der Waals surface area contributed by atoms with E-state index in [2.05, 4.69) is 15.0 Å². The molecule has 0 aliphatic carbocycles. The van der Waals surface area contributed by atoms with E-state index >= 15 is 0 Å². The minimum absolute atomic E-state index is 0.0597. The Morgan fingerprint density at radius 3 is 2.41 bits per heavy atom. The lowest BCUT2D eigenvalue weighted by Crippen LogP contribution is -2.49. The monoisotopic (exact) mass is 483 g/mol. The zero-order chi connectivity index (χ0) is 24.6. The van der Waals surface area contributed by atoms with E-state index in [1.807, 2.05) is 42.5 Å². The number of sulfonamides is 1. The fourth-order valence-corrected chi connectivity index (χ4v) is 4.51. The van der Waals surface area contributed by atoms with E-state index in [0.29, 0.717) is 18.1 Å². The number of pyridine rings is 1. The van der Waals surface area contributed by atoms with Crippen LogP contribution in [0.2, 0.25) is 0 Å². The zero-order valence-electron chi connectivity index (χ0n) is 19.4. The Bertz CT molecular complexity index is 1180. The van der Waals surface area contributed by atoms with Crippen LogP contribution in [0.5, 0.6) is 11.5 Å². The fraction of sp³-hybridized carbons (Fsp3) is 0.280. The van der Waals surface area contributed by atoms with Crippen LogP contribution in [0, 0.1) is 5.92 Å². The molecular weight excluding hydrogens is 454 g/mol. The SMILES string of the molecule is COc1ccc(S(=O)(=O)N[C@H](C(=O)NCc2cccc(OCc3ccccn3)c2)C(C)C)cc1. The Morgan fingerprint density at radius 2 is 1.76 bits per heavy atom. The Kier molecular flexibility index (Phi) is 8.61. The molecule has 0 saturated heterocycles. The number of aromatic nitrogens is 1. The van der Waals surface area contributed by atoms with E-state index in [0.717, 1.165) is 11.3 Å². The van der Waals surface area contributed by atoms with Crippen molar-refractivity contribution in [1.29, 1.82) is 0 Å². The van der Waals surface area contributed by atoms with Crippen molar-refractivity contribution < 1.29 is 22.7 Å². The molecule has 0 aliphatic heterocycles. The molecule has 0 aliphatic rings. The van der Waals surface area contributed by atoms with Crippen LogP contribution in [-0.4, -0.2) is 32.5 Å². The number of hydrogen-bond acceptors (Lipinski definition) is 6. The first-order valence-electron chi connectivity index (χ1n) is 10.8. The minimum Gasteiger partial charge on any atom is -0.497 e. The van der Waals surface area contributed by atoms with Crippen molar-refractivity contribution in [3.8, 4) is 11.5 Å². The van der Waals surface area contributed by atoms with Gasteiger partial charge in [-0.05, 0) is 60.0 Å². The van der Waals surface area contributed by atoms with Crippen LogP contribution in [0.25, 0.3) is 0 Å². The van der Waals surface area contributed by atoms with Gasteiger partial charge in [-0.25, -0.2) is 8.42 Å². The smallest absolute Gasteiger partial charge is 0.241 e. The van der Waals surface area contributed by atoms with Crippen LogP contribution in [0.15, 0.2) is 77.8 Å². The summed E-state index contributed by atoms with van der Waals surface area (Å²) in [6.45, 7) is 4.13. The molecule has 0 fully saturated rings. The van der Waals surface area contributed by atoms with Crippen molar-refractivity contribution >= 4 is 15.9 Å². The molecule has 9 heteroatoms. The van der Waals surface area contributed by atoms with Crippen molar-refractivity contribution in [3.63, 3.8) is 0 Å². The van der Waals surface area contributed by atoms with Gasteiger partial charge < -0.3 is 14.8 Å². The molecule has 0 bridgehead atoms. The molecule has 3 aromatic rings. The van der Waals surface area contributed by atoms with E-state index in [1.54, 1.807) is 32.2 Å². The number of benzene rings is 2. The number of carbonyl (C=O) groups is 1. The van der Waals surface area contributed by atoms with Gasteiger partial charge >= 0.3 is 0 Å². The molecule has 180 valence electrons. The summed E-state index contributed by atoms with van der Waals surface area (Å²) in [6.07, 6.45) is 1.71. The number of amides is 1. The predicted octanol–water partition coefficient (Wildman–Crippen LogP) is 3.29. The molecule has 1 aromatic heterocycles. The highest BCUT2D eigenvalue weighted by molar-refractivity contribution is 7.89. The molecule has 1 heterocycles. The van der Waals surface area contributed by atoms with Crippen LogP contribution in [0.1, 0.15) is 25.1 Å². The van der Waals surface area contributed by atoms with Crippen molar-refractivity contribution in [2.45, 2.75) is 37.9 Å². The highest BCUT2D eigenvalue weighted by atomic mass is 32.2. The number of hydrogen-bond donors (Lipinski definition) is 2. The number of nitrogens with one attached hydrogen (secondary N) is 2. The summed E-state index contributed by atoms with van der Waals surface area (Å²) in [7, 11) is -2.39. The van der Waals surface area contributed by atoms with Crippen molar-refractivity contribution in [2.75, 3.05) is 7.11 Å². The van der Waals surface area contributed by atoms with Crippen LogP contribution < -0.4 is 19.5 Å². The van der Waals surface area contributed by atoms with Crippen LogP contribution in [-0.2, 0) is 28.0 Å². The molecule has 3 rings (SSSR count). The predicted molar refractivity (Wildman–Crippen MR) is 129 cm³/mol. The molecule has 0 radical (unpaired) electrons. The third-order valence-corrected chi connectivity index (χ3v) is 6.54. The molecule has 1 atom stereocenters. The summed E-state index contributed by atoms with van der Waals surface area (Å²) in [5.41, 5.74) is 1.64. The van der Waals surface area contributed by atoms with Gasteiger partial charge in [-0.15, -0.1) is 0 Å². The second kappa shape index (κ2) is 11.6. The number of rotatable bonds is 11. The van der Waals surface area contributed by atoms with E-state index < -0.39 is 22.0 Å². The van der Waals surface area contributed by atoms with Crippen LogP contribution in [0.3, 0.4) is 0 Å². The Balaban J connectivity index is 1.61. The van der Waals surface area contributed by atoms with Crippen LogP contribution in [0.4, 0.5) is 0 Å². The second-order valence-corrected chi connectivity index (χ2v) is 9.71. The van der Waals surface area contributed by atoms with E-state index in [4.69, 9.17) is 9.47 Å². The number of methoxy groups -OCH3 is 1. The lowest BCUT2D eigenvalue weighted by Gasteiger charge is -2.22. The second-order valence-electron chi connectivity index (χ2n) is 7.99. The van der Waals surface area contributed by atoms with Crippen LogP contribution >= 0.6 is 0 Å². The van der Waals surface area contributed by atoms with Gasteiger partial charge in [0.2, 0.25) is 15.9 Å². The first kappa shape index (κ1) is 25.2. The third kappa shape index (κ3) is 7.03. The summed E-state index contributed by atoms with van der Waals surface area (Å²) in [6, 6.07) is 18.0. The van der Waals surface area contributed by atoms with Gasteiger partial charge in [-0.1, -0.05) is 32.0 Å². The van der Waals surface area contributed by atoms with E-state index in [-0.39, 0.29) is 17.4 Å². The number of carbonyl (C=O) groups excluding carboxylic acids is 1. The summed E-state index contributed by atoms with van der Waals surface area (Å²) in [5.74, 6) is 0.523. The molecule has 0 saturated carbocycles. The summed E-state index contributed by atoms with van der Waals surface area (Å²) < 4.78 is 39.0. The average molecular weight is 484 g/mol. The Labute approximate surface area is 200 Å². The standard InChI is InChI=1S/C25H29N3O5S/c1-18(2)24(28-34(30,31)23-12-10-21(32-3)11-13-23)25(29)27-16-19-7-6-9-22(15-19)33-17-20-8-4-5-14-26-20/h4-15,18,24,28H,16-17H2,1-3H3,(H,27,29)/t24-/m0/s1. The summed E-state index contributed by atoms with van der Waals surface area (Å²) >= 11 is 0. The fourth-order valence-electron chi connectivity index (χ4n) is 3.17. The molecule has 0 spiro atoms. The highest BCUT2D eigenvalue weighted by Crippen LogP contribution is 2.18. The maximum absolute atomic E-state index is 12.9. The van der Waals surface area contributed by atoms with E-state index in [9.17, 15) is 13.2 Å². The topological polar surface area (TPSA) is 107 Å². The maximum Gasteiger partial charge on any atom is 0.241 e. The third-order valence-electron chi connectivity index (χ3n) is 5.08. The van der Waals surface area contributed by atoms with Gasteiger partial charge in [0.25, 0.3) is 0 Å². The zero-order valence-corrected chi connectivity index (χ0v) is 20.2. The first-order chi connectivity index (χ1) is 16.3. The normalized spacial score (nSPS) is 12.2. The van der Waals surface area contributed by atoms with Gasteiger partial charge in [0.15, 0.2) is 0 Å². The molecule has 2 N–H and O–H groups in total. The Hall–Kier alpha value is -3.43. The lowest BCUT2D eigenvalue weighted by atomic mass is 10.0. The molecule has 8 nitrogen and oxygen atoms in total. The molecule has 2 aromatic carbocycles. The Morgan fingerprint density at radius 1 is 1.00 bits per heavy atom. The summed E-state index contributed by atoms with van der Waals surface area (Å²) in [5, 5.41) is 2.82. The van der Waals surface area contributed by atoms with Gasteiger partial charge in [-0.2, -0.15) is 4.72 Å². The van der Waals surface area contributed by atoms with Gasteiger partial charge in [0.05, 0.1) is 17.7 Å². The maximum atomic E-state index is 12.9. The average Bonchev–Trinajstić information content (AvgIpc) is 2.85. The molecule has 1 amide bonds. The van der Waals surface area contributed by atoms with E-state index in [1.165, 1.54) is 19.2 Å². The largest absolute Gasteiger partial charge is 0.497 e.